The predicted molar refractivity (Wildman–Crippen MR) is 76.5 cm³/mol. The molecule has 1 aliphatic rings. The van der Waals surface area contributed by atoms with Crippen molar-refractivity contribution < 1.29 is 9.90 Å². The van der Waals surface area contributed by atoms with Gasteiger partial charge in [-0.1, -0.05) is 6.07 Å². The molecule has 20 heavy (non-hydrogen) atoms. The van der Waals surface area contributed by atoms with Crippen molar-refractivity contribution in [1.29, 1.82) is 0 Å². The lowest BCUT2D eigenvalue weighted by Gasteiger charge is -2.22. The van der Waals surface area contributed by atoms with Crippen molar-refractivity contribution in [1.82, 2.24) is 9.55 Å². The van der Waals surface area contributed by atoms with Crippen LogP contribution in [0.15, 0.2) is 42.5 Å². The standard InChI is InChI=1S/C16H16N2O2/c1-11-14(9-18-7-6-17-10-18)5-3-12-2-4-13(16(19)20)8-15(11)12/h2,4,6-8,10H,3,5,9H2,1H3,(H,19,20). The topological polar surface area (TPSA) is 55.1 Å². The Bertz CT molecular complexity index is 685. The Labute approximate surface area is 117 Å². The van der Waals surface area contributed by atoms with Crippen LogP contribution in [0.4, 0.5) is 0 Å². The maximum absolute atomic E-state index is 11.1. The van der Waals surface area contributed by atoms with E-state index in [1.54, 1.807) is 18.3 Å². The van der Waals surface area contributed by atoms with E-state index in [0.29, 0.717) is 5.56 Å². The molecule has 4 nitrogen and oxygen atoms in total. The van der Waals surface area contributed by atoms with Gasteiger partial charge >= 0.3 is 5.97 Å². The van der Waals surface area contributed by atoms with E-state index in [-0.39, 0.29) is 0 Å². The maximum Gasteiger partial charge on any atom is 0.335 e. The molecule has 1 heterocycles. The van der Waals surface area contributed by atoms with Gasteiger partial charge in [0.1, 0.15) is 0 Å². The highest BCUT2D eigenvalue weighted by molar-refractivity contribution is 5.89. The number of allylic oxidation sites excluding steroid dienone is 2. The first-order valence-corrected chi connectivity index (χ1v) is 6.66. The van der Waals surface area contributed by atoms with E-state index in [1.807, 2.05) is 23.2 Å². The number of carboxylic acid groups (broad SMARTS) is 1. The minimum absolute atomic E-state index is 0.354. The molecule has 0 unspecified atom stereocenters. The Kier molecular flexibility index (Phi) is 3.14. The summed E-state index contributed by atoms with van der Waals surface area (Å²) in [6.45, 7) is 2.90. The summed E-state index contributed by atoms with van der Waals surface area (Å²) in [7, 11) is 0. The van der Waals surface area contributed by atoms with E-state index in [4.69, 9.17) is 5.11 Å². The number of aryl methyl sites for hydroxylation is 1. The molecular formula is C16H16N2O2. The predicted octanol–water partition coefficient (Wildman–Crippen LogP) is 3.00. The molecule has 0 spiro atoms. The first-order valence-electron chi connectivity index (χ1n) is 6.66. The van der Waals surface area contributed by atoms with Gasteiger partial charge in [-0.3, -0.25) is 0 Å². The van der Waals surface area contributed by atoms with Crippen LogP contribution in [0.25, 0.3) is 5.57 Å². The zero-order valence-corrected chi connectivity index (χ0v) is 11.3. The molecule has 4 heteroatoms. The second kappa shape index (κ2) is 4.96. The van der Waals surface area contributed by atoms with Crippen LogP contribution in [0.1, 0.15) is 34.8 Å². The molecule has 0 bridgehead atoms. The van der Waals surface area contributed by atoms with Crippen LogP contribution in [0, 0.1) is 0 Å². The Morgan fingerprint density at radius 2 is 2.25 bits per heavy atom. The number of carboxylic acids is 1. The summed E-state index contributed by atoms with van der Waals surface area (Å²) in [6, 6.07) is 5.42. The van der Waals surface area contributed by atoms with Crippen LogP contribution in [-0.2, 0) is 13.0 Å². The average molecular weight is 268 g/mol. The number of nitrogens with zero attached hydrogens (tertiary/aromatic N) is 2. The normalized spacial score (nSPS) is 14.2. The van der Waals surface area contributed by atoms with Gasteiger partial charge in [-0.05, 0) is 54.2 Å². The third-order valence-corrected chi connectivity index (χ3v) is 3.92. The van der Waals surface area contributed by atoms with Crippen LogP contribution in [0.3, 0.4) is 0 Å². The highest BCUT2D eigenvalue weighted by atomic mass is 16.4. The molecule has 1 aromatic heterocycles. The van der Waals surface area contributed by atoms with Crippen molar-refractivity contribution in [2.75, 3.05) is 0 Å². The molecule has 0 fully saturated rings. The zero-order chi connectivity index (χ0) is 14.1. The quantitative estimate of drug-likeness (QED) is 0.931. The van der Waals surface area contributed by atoms with Gasteiger partial charge in [0, 0.05) is 18.9 Å². The molecule has 2 aromatic rings. The monoisotopic (exact) mass is 268 g/mol. The molecule has 1 aliphatic carbocycles. The van der Waals surface area contributed by atoms with Crippen molar-refractivity contribution in [2.24, 2.45) is 0 Å². The second-order valence-corrected chi connectivity index (χ2v) is 5.14. The van der Waals surface area contributed by atoms with Crippen LogP contribution < -0.4 is 0 Å². The van der Waals surface area contributed by atoms with Gasteiger partial charge in [-0.25, -0.2) is 9.78 Å². The number of carbonyl (C=O) groups is 1. The van der Waals surface area contributed by atoms with Gasteiger partial charge in [-0.2, -0.15) is 0 Å². The molecule has 0 amide bonds. The van der Waals surface area contributed by atoms with E-state index in [0.717, 1.165) is 24.9 Å². The van der Waals surface area contributed by atoms with Gasteiger partial charge in [0.25, 0.3) is 0 Å². The van der Waals surface area contributed by atoms with Crippen molar-refractivity contribution in [3.05, 3.63) is 59.2 Å². The van der Waals surface area contributed by atoms with Gasteiger partial charge < -0.3 is 9.67 Å². The molecule has 0 saturated carbocycles. The average Bonchev–Trinajstić information content (AvgIpc) is 2.94. The summed E-state index contributed by atoms with van der Waals surface area (Å²) in [4.78, 5) is 15.2. The third kappa shape index (κ3) is 2.25. The van der Waals surface area contributed by atoms with Crippen molar-refractivity contribution >= 4 is 11.5 Å². The Hall–Kier alpha value is -2.36. The van der Waals surface area contributed by atoms with Crippen LogP contribution in [-0.4, -0.2) is 20.6 Å². The van der Waals surface area contributed by atoms with E-state index in [1.165, 1.54) is 16.7 Å². The zero-order valence-electron chi connectivity index (χ0n) is 11.3. The molecule has 0 aliphatic heterocycles. The van der Waals surface area contributed by atoms with E-state index in [2.05, 4.69) is 11.9 Å². The number of fused-ring (bicyclic) bond motifs is 1. The van der Waals surface area contributed by atoms with Gasteiger partial charge in [0.15, 0.2) is 0 Å². The lowest BCUT2D eigenvalue weighted by molar-refractivity contribution is 0.0697. The van der Waals surface area contributed by atoms with E-state index < -0.39 is 5.97 Å². The summed E-state index contributed by atoms with van der Waals surface area (Å²) in [5, 5.41) is 9.12. The summed E-state index contributed by atoms with van der Waals surface area (Å²) in [5.41, 5.74) is 5.21. The van der Waals surface area contributed by atoms with E-state index in [9.17, 15) is 4.79 Å². The second-order valence-electron chi connectivity index (χ2n) is 5.14. The minimum Gasteiger partial charge on any atom is -0.478 e. The fraction of sp³-hybridized carbons (Fsp3) is 0.250. The summed E-state index contributed by atoms with van der Waals surface area (Å²) in [5.74, 6) is -0.873. The number of aromatic carboxylic acids is 1. The number of benzene rings is 1. The van der Waals surface area contributed by atoms with Crippen LogP contribution >= 0.6 is 0 Å². The Morgan fingerprint density at radius 1 is 1.40 bits per heavy atom. The molecule has 0 saturated heterocycles. The number of aromatic nitrogens is 2. The molecule has 0 atom stereocenters. The fourth-order valence-electron chi connectivity index (χ4n) is 2.74. The number of hydrogen-bond acceptors (Lipinski definition) is 2. The summed E-state index contributed by atoms with van der Waals surface area (Å²) < 4.78 is 2.05. The van der Waals surface area contributed by atoms with E-state index >= 15 is 0 Å². The van der Waals surface area contributed by atoms with Crippen LogP contribution in [0.2, 0.25) is 0 Å². The first kappa shape index (κ1) is 12.7. The Balaban J connectivity index is 1.99. The third-order valence-electron chi connectivity index (χ3n) is 3.92. The number of rotatable bonds is 3. The molecule has 1 N–H and O–H groups in total. The highest BCUT2D eigenvalue weighted by Gasteiger charge is 2.17. The lowest BCUT2D eigenvalue weighted by Crippen LogP contribution is -2.10. The Morgan fingerprint density at radius 3 is 2.95 bits per heavy atom. The lowest BCUT2D eigenvalue weighted by atomic mass is 9.85. The molecule has 0 radical (unpaired) electrons. The van der Waals surface area contributed by atoms with Crippen molar-refractivity contribution in [3.8, 4) is 0 Å². The molecule has 3 rings (SSSR count). The largest absolute Gasteiger partial charge is 0.478 e. The maximum atomic E-state index is 11.1. The fourth-order valence-corrected chi connectivity index (χ4v) is 2.74. The number of hydrogen-bond donors (Lipinski definition) is 1. The van der Waals surface area contributed by atoms with Gasteiger partial charge in [0.05, 0.1) is 11.9 Å². The molecule has 102 valence electrons. The SMILES string of the molecule is CC1=C(Cn2ccnc2)CCc2ccc(C(=O)O)cc21. The number of imidazole rings is 1. The van der Waals surface area contributed by atoms with Crippen molar-refractivity contribution in [2.45, 2.75) is 26.3 Å². The smallest absolute Gasteiger partial charge is 0.335 e. The van der Waals surface area contributed by atoms with Gasteiger partial charge in [0.2, 0.25) is 0 Å². The minimum atomic E-state index is -0.873. The van der Waals surface area contributed by atoms with Crippen LogP contribution in [0.5, 0.6) is 0 Å². The van der Waals surface area contributed by atoms with Crippen molar-refractivity contribution in [3.63, 3.8) is 0 Å². The van der Waals surface area contributed by atoms with Gasteiger partial charge in [-0.15, -0.1) is 0 Å². The molecular weight excluding hydrogens is 252 g/mol. The summed E-state index contributed by atoms with van der Waals surface area (Å²) >= 11 is 0. The summed E-state index contributed by atoms with van der Waals surface area (Å²) in [6.07, 6.45) is 7.52. The highest BCUT2D eigenvalue weighted by Crippen LogP contribution is 2.32. The molecule has 1 aromatic carbocycles. The first-order chi connectivity index (χ1) is 9.65.